The highest BCUT2D eigenvalue weighted by atomic mass is 19.1. The van der Waals surface area contributed by atoms with Crippen molar-refractivity contribution in [1.29, 1.82) is 0 Å². The molecule has 0 saturated heterocycles. The van der Waals surface area contributed by atoms with E-state index in [1.54, 1.807) is 0 Å². The Hall–Kier alpha value is -0.640. The van der Waals surface area contributed by atoms with Gasteiger partial charge in [0, 0.05) is 0 Å². The molecule has 3 nitrogen and oxygen atoms in total. The number of hydrogen-bond acceptors (Lipinski definition) is 2. The summed E-state index contributed by atoms with van der Waals surface area (Å²) >= 11 is 0. The molecule has 0 unspecified atom stereocenters. The molecule has 0 aromatic heterocycles. The van der Waals surface area contributed by atoms with Crippen molar-refractivity contribution < 1.29 is 19.4 Å². The maximum atomic E-state index is 13.8. The van der Waals surface area contributed by atoms with Gasteiger partial charge in [-0.2, -0.15) is 0 Å². The van der Waals surface area contributed by atoms with Crippen LogP contribution in [-0.4, -0.2) is 28.0 Å². The molecule has 4 heteroatoms. The number of halogens is 1. The first-order valence-corrected chi connectivity index (χ1v) is 4.90. The molecular formula is C10H17FO3. The molecule has 0 bridgehead atoms. The SMILES string of the molecule is CC(C)(F)C1(C(=O)O)CCC(O)CC1. The van der Waals surface area contributed by atoms with Gasteiger partial charge in [0.1, 0.15) is 11.1 Å². The quantitative estimate of drug-likeness (QED) is 0.720. The summed E-state index contributed by atoms with van der Waals surface area (Å²) in [5, 5.41) is 18.4. The third kappa shape index (κ3) is 1.75. The predicted octanol–water partition coefficient (Wildman–Crippen LogP) is 1.74. The summed E-state index contributed by atoms with van der Waals surface area (Å²) in [7, 11) is 0. The topological polar surface area (TPSA) is 57.5 Å². The average molecular weight is 204 g/mol. The molecule has 0 radical (unpaired) electrons. The number of carboxylic acid groups (broad SMARTS) is 1. The molecule has 0 aliphatic heterocycles. The van der Waals surface area contributed by atoms with Crippen LogP contribution >= 0.6 is 0 Å². The van der Waals surface area contributed by atoms with E-state index in [9.17, 15) is 14.3 Å². The maximum Gasteiger partial charge on any atom is 0.312 e. The standard InChI is InChI=1S/C10H17FO3/c1-9(2,11)10(8(13)14)5-3-7(12)4-6-10/h7,12H,3-6H2,1-2H3,(H,13,14). The molecule has 0 aromatic carbocycles. The number of hydrogen-bond donors (Lipinski definition) is 2. The first-order valence-electron chi connectivity index (χ1n) is 4.90. The molecular weight excluding hydrogens is 187 g/mol. The number of aliphatic carboxylic acids is 1. The van der Waals surface area contributed by atoms with Crippen LogP contribution in [0.4, 0.5) is 4.39 Å². The molecule has 0 spiro atoms. The van der Waals surface area contributed by atoms with Gasteiger partial charge < -0.3 is 10.2 Å². The first-order chi connectivity index (χ1) is 6.29. The Balaban J connectivity index is 2.90. The second kappa shape index (κ2) is 3.50. The number of aliphatic hydroxyl groups excluding tert-OH is 1. The molecule has 0 atom stereocenters. The first kappa shape index (κ1) is 11.4. The van der Waals surface area contributed by atoms with E-state index in [-0.39, 0.29) is 12.8 Å². The number of rotatable bonds is 2. The second-order valence-electron chi connectivity index (χ2n) is 4.59. The Morgan fingerprint density at radius 1 is 1.43 bits per heavy atom. The molecule has 14 heavy (non-hydrogen) atoms. The second-order valence-corrected chi connectivity index (χ2v) is 4.59. The number of alkyl halides is 1. The van der Waals surface area contributed by atoms with E-state index in [0.29, 0.717) is 12.8 Å². The Morgan fingerprint density at radius 3 is 2.14 bits per heavy atom. The van der Waals surface area contributed by atoms with Crippen molar-refractivity contribution in [1.82, 2.24) is 0 Å². The summed E-state index contributed by atoms with van der Waals surface area (Å²) in [5.41, 5.74) is -3.05. The molecule has 2 N–H and O–H groups in total. The van der Waals surface area contributed by atoms with Gasteiger partial charge >= 0.3 is 5.97 Å². The lowest BCUT2D eigenvalue weighted by Gasteiger charge is -2.41. The maximum absolute atomic E-state index is 13.8. The molecule has 1 rings (SSSR count). The Morgan fingerprint density at radius 2 is 1.86 bits per heavy atom. The zero-order valence-corrected chi connectivity index (χ0v) is 8.59. The van der Waals surface area contributed by atoms with Gasteiger partial charge in [-0.3, -0.25) is 4.79 Å². The van der Waals surface area contributed by atoms with Gasteiger partial charge in [-0.25, -0.2) is 4.39 Å². The fourth-order valence-corrected chi connectivity index (χ4v) is 2.16. The van der Waals surface area contributed by atoms with Gasteiger partial charge in [0.15, 0.2) is 0 Å². The van der Waals surface area contributed by atoms with Crippen molar-refractivity contribution in [3.05, 3.63) is 0 Å². The highest BCUT2D eigenvalue weighted by molar-refractivity contribution is 5.76. The Labute approximate surface area is 82.9 Å². The van der Waals surface area contributed by atoms with Crippen molar-refractivity contribution in [2.24, 2.45) is 5.41 Å². The summed E-state index contributed by atoms with van der Waals surface area (Å²) in [6.07, 6.45) is 0.712. The summed E-state index contributed by atoms with van der Waals surface area (Å²) in [6, 6.07) is 0. The van der Waals surface area contributed by atoms with Crippen LogP contribution in [0, 0.1) is 5.41 Å². The van der Waals surface area contributed by atoms with Crippen LogP contribution in [0.2, 0.25) is 0 Å². The minimum atomic E-state index is -1.74. The van der Waals surface area contributed by atoms with E-state index in [1.165, 1.54) is 13.8 Å². The van der Waals surface area contributed by atoms with Crippen molar-refractivity contribution in [2.45, 2.75) is 51.3 Å². The lowest BCUT2D eigenvalue weighted by atomic mass is 9.65. The fraction of sp³-hybridized carbons (Fsp3) is 0.900. The van der Waals surface area contributed by atoms with Crippen LogP contribution in [0.15, 0.2) is 0 Å². The van der Waals surface area contributed by atoms with Crippen LogP contribution in [0.3, 0.4) is 0 Å². The van der Waals surface area contributed by atoms with Crippen LogP contribution in [0.5, 0.6) is 0 Å². The fourth-order valence-electron chi connectivity index (χ4n) is 2.16. The summed E-state index contributed by atoms with van der Waals surface area (Å²) in [4.78, 5) is 11.1. The van der Waals surface area contributed by atoms with Gasteiger partial charge in [0.2, 0.25) is 0 Å². The van der Waals surface area contributed by atoms with E-state index in [0.717, 1.165) is 0 Å². The van der Waals surface area contributed by atoms with Crippen molar-refractivity contribution in [2.75, 3.05) is 0 Å². The van der Waals surface area contributed by atoms with Gasteiger partial charge in [-0.05, 0) is 39.5 Å². The summed E-state index contributed by atoms with van der Waals surface area (Å²) in [6.45, 7) is 2.61. The van der Waals surface area contributed by atoms with Gasteiger partial charge in [-0.1, -0.05) is 0 Å². The lowest BCUT2D eigenvalue weighted by molar-refractivity contribution is -0.164. The van der Waals surface area contributed by atoms with Gasteiger partial charge in [0.05, 0.1) is 6.10 Å². The van der Waals surface area contributed by atoms with Crippen molar-refractivity contribution >= 4 is 5.97 Å². The summed E-state index contributed by atoms with van der Waals surface area (Å²) < 4.78 is 13.8. The highest BCUT2D eigenvalue weighted by Crippen LogP contribution is 2.47. The zero-order chi connectivity index (χ0) is 11.0. The highest BCUT2D eigenvalue weighted by Gasteiger charge is 2.53. The molecule has 1 fully saturated rings. The van der Waals surface area contributed by atoms with E-state index in [4.69, 9.17) is 5.11 Å². The van der Waals surface area contributed by atoms with Crippen LogP contribution < -0.4 is 0 Å². The molecule has 1 aliphatic rings. The van der Waals surface area contributed by atoms with Crippen LogP contribution in [0.25, 0.3) is 0 Å². The van der Waals surface area contributed by atoms with E-state index in [2.05, 4.69) is 0 Å². The number of aliphatic hydroxyl groups is 1. The molecule has 0 amide bonds. The lowest BCUT2D eigenvalue weighted by Crippen LogP contribution is -2.49. The molecule has 1 aliphatic carbocycles. The predicted molar refractivity (Wildman–Crippen MR) is 49.7 cm³/mol. The monoisotopic (exact) mass is 204 g/mol. The number of carboxylic acids is 1. The Bertz CT molecular complexity index is 224. The van der Waals surface area contributed by atoms with E-state index >= 15 is 0 Å². The summed E-state index contributed by atoms with van der Waals surface area (Å²) in [5.74, 6) is -1.09. The molecule has 1 saturated carbocycles. The zero-order valence-electron chi connectivity index (χ0n) is 8.59. The third-order valence-electron chi connectivity index (χ3n) is 3.36. The minimum Gasteiger partial charge on any atom is -0.481 e. The van der Waals surface area contributed by atoms with E-state index < -0.39 is 23.2 Å². The van der Waals surface area contributed by atoms with E-state index in [1.807, 2.05) is 0 Å². The smallest absolute Gasteiger partial charge is 0.312 e. The minimum absolute atomic E-state index is 0.215. The molecule has 82 valence electrons. The van der Waals surface area contributed by atoms with Crippen molar-refractivity contribution in [3.8, 4) is 0 Å². The largest absolute Gasteiger partial charge is 0.481 e. The molecule has 0 aromatic rings. The van der Waals surface area contributed by atoms with Crippen LogP contribution in [-0.2, 0) is 4.79 Å². The van der Waals surface area contributed by atoms with Crippen LogP contribution in [0.1, 0.15) is 39.5 Å². The molecule has 0 heterocycles. The third-order valence-corrected chi connectivity index (χ3v) is 3.36. The van der Waals surface area contributed by atoms with Gasteiger partial charge in [-0.15, -0.1) is 0 Å². The Kier molecular flexibility index (Phi) is 2.86. The normalized spacial score (nSPS) is 34.1. The number of carbonyl (C=O) groups is 1. The van der Waals surface area contributed by atoms with Gasteiger partial charge in [0.25, 0.3) is 0 Å². The average Bonchev–Trinajstić information content (AvgIpc) is 2.02. The van der Waals surface area contributed by atoms with Crippen molar-refractivity contribution in [3.63, 3.8) is 0 Å².